The first-order chi connectivity index (χ1) is 5.84. The first-order valence-electron chi connectivity index (χ1n) is 4.19. The van der Waals surface area contributed by atoms with E-state index < -0.39 is 0 Å². The lowest BCUT2D eigenvalue weighted by molar-refractivity contribution is -0.206. The van der Waals surface area contributed by atoms with E-state index in [-0.39, 0.29) is 0 Å². The van der Waals surface area contributed by atoms with Gasteiger partial charge in [-0.3, -0.25) is 0 Å². The van der Waals surface area contributed by atoms with Crippen LogP contribution < -0.4 is 4.89 Å². The second-order valence-corrected chi connectivity index (χ2v) is 2.67. The highest BCUT2D eigenvalue weighted by Gasteiger charge is 1.96. The van der Waals surface area contributed by atoms with E-state index in [1.165, 1.54) is 0 Å². The van der Waals surface area contributed by atoms with Gasteiger partial charge in [0.2, 0.25) is 0 Å². The fourth-order valence-corrected chi connectivity index (χ4v) is 0.838. The average Bonchev–Trinajstić information content (AvgIpc) is 2.09. The van der Waals surface area contributed by atoms with E-state index >= 15 is 0 Å². The third kappa shape index (κ3) is 2.55. The molecule has 0 spiro atoms. The summed E-state index contributed by atoms with van der Waals surface area (Å²) in [5, 5.41) is 0. The fraction of sp³-hybridized carbons (Fsp3) is 0.400. The molecule has 0 N–H and O–H groups in total. The van der Waals surface area contributed by atoms with Crippen LogP contribution in [0.5, 0.6) is 5.75 Å². The van der Waals surface area contributed by atoms with E-state index in [2.05, 4.69) is 0 Å². The summed E-state index contributed by atoms with van der Waals surface area (Å²) in [6.07, 6.45) is 0.964. The molecule has 0 saturated carbocycles. The third-order valence-corrected chi connectivity index (χ3v) is 1.53. The Kier molecular flexibility index (Phi) is 3.61. The number of para-hydroxylation sites is 1. The molecule has 1 rings (SSSR count). The largest absolute Gasteiger partial charge is 0.337 e. The predicted molar refractivity (Wildman–Crippen MR) is 48.1 cm³/mol. The zero-order valence-electron chi connectivity index (χ0n) is 7.54. The maximum Gasteiger partial charge on any atom is 0.168 e. The van der Waals surface area contributed by atoms with Crippen molar-refractivity contribution in [1.82, 2.24) is 0 Å². The number of hydrogen-bond acceptors (Lipinski definition) is 2. The molecule has 0 atom stereocenters. The van der Waals surface area contributed by atoms with Gasteiger partial charge in [0.15, 0.2) is 5.75 Å². The molecule has 1 aromatic rings. The molecule has 0 heterocycles. The van der Waals surface area contributed by atoms with Crippen molar-refractivity contribution in [2.75, 3.05) is 6.61 Å². The Balaban J connectivity index is 2.46. The van der Waals surface area contributed by atoms with Gasteiger partial charge in [-0.15, -0.1) is 0 Å². The lowest BCUT2D eigenvalue weighted by atomic mass is 10.2. The topological polar surface area (TPSA) is 18.5 Å². The van der Waals surface area contributed by atoms with Gasteiger partial charge in [-0.25, -0.2) is 0 Å². The van der Waals surface area contributed by atoms with Crippen LogP contribution in [-0.4, -0.2) is 6.61 Å². The summed E-state index contributed by atoms with van der Waals surface area (Å²) in [5.74, 6) is 0.797. The SMILES string of the molecule is CCCOOc1ccccc1C. The van der Waals surface area contributed by atoms with Gasteiger partial charge in [0.05, 0.1) is 6.61 Å². The van der Waals surface area contributed by atoms with Crippen molar-refractivity contribution in [2.24, 2.45) is 0 Å². The standard InChI is InChI=1S/C10H14O2/c1-3-8-11-12-10-7-5-4-6-9(10)2/h4-7H,3,8H2,1-2H3. The van der Waals surface area contributed by atoms with E-state index in [9.17, 15) is 0 Å². The number of aryl methyl sites for hydroxylation is 1. The van der Waals surface area contributed by atoms with Crippen molar-refractivity contribution in [2.45, 2.75) is 20.3 Å². The Morgan fingerprint density at radius 3 is 2.67 bits per heavy atom. The molecule has 1 aromatic carbocycles. The molecule has 0 aliphatic heterocycles. The minimum atomic E-state index is 0.633. The minimum absolute atomic E-state index is 0.633. The van der Waals surface area contributed by atoms with Crippen LogP contribution in [0.2, 0.25) is 0 Å². The molecule has 66 valence electrons. The van der Waals surface area contributed by atoms with Crippen LogP contribution in [-0.2, 0) is 4.89 Å². The lowest BCUT2D eigenvalue weighted by Crippen LogP contribution is -1.98. The highest BCUT2D eigenvalue weighted by Crippen LogP contribution is 2.16. The number of rotatable bonds is 4. The van der Waals surface area contributed by atoms with Crippen molar-refractivity contribution < 1.29 is 9.78 Å². The highest BCUT2D eigenvalue weighted by molar-refractivity contribution is 5.31. The van der Waals surface area contributed by atoms with E-state index in [4.69, 9.17) is 9.78 Å². The van der Waals surface area contributed by atoms with Crippen LogP contribution in [0.15, 0.2) is 24.3 Å². The van der Waals surface area contributed by atoms with Gasteiger partial charge in [0, 0.05) is 0 Å². The molecular weight excluding hydrogens is 152 g/mol. The Bertz CT molecular complexity index is 233. The Labute approximate surface area is 73.0 Å². The average molecular weight is 166 g/mol. The molecule has 0 fully saturated rings. The van der Waals surface area contributed by atoms with Crippen molar-refractivity contribution in [3.05, 3.63) is 29.8 Å². The minimum Gasteiger partial charge on any atom is -0.337 e. The molecule has 0 unspecified atom stereocenters. The van der Waals surface area contributed by atoms with Crippen LogP contribution in [0.25, 0.3) is 0 Å². The van der Waals surface area contributed by atoms with Crippen LogP contribution in [0.3, 0.4) is 0 Å². The van der Waals surface area contributed by atoms with E-state index in [1.807, 2.05) is 38.1 Å². The fourth-order valence-electron chi connectivity index (χ4n) is 0.838. The summed E-state index contributed by atoms with van der Waals surface area (Å²) in [6, 6.07) is 7.79. The number of benzene rings is 1. The maximum atomic E-state index is 5.08. The molecule has 0 aromatic heterocycles. The van der Waals surface area contributed by atoms with Gasteiger partial charge in [-0.2, -0.15) is 4.89 Å². The predicted octanol–water partition coefficient (Wildman–Crippen LogP) is 2.72. The third-order valence-electron chi connectivity index (χ3n) is 1.53. The zero-order valence-corrected chi connectivity index (χ0v) is 7.54. The molecule has 0 bridgehead atoms. The summed E-state index contributed by atoms with van der Waals surface area (Å²) in [7, 11) is 0. The summed E-state index contributed by atoms with van der Waals surface area (Å²) in [6.45, 7) is 4.67. The quantitative estimate of drug-likeness (QED) is 0.389. The zero-order chi connectivity index (χ0) is 8.81. The molecule has 0 aliphatic rings. The van der Waals surface area contributed by atoms with Crippen molar-refractivity contribution in [1.29, 1.82) is 0 Å². The van der Waals surface area contributed by atoms with Gasteiger partial charge in [-0.1, -0.05) is 25.1 Å². The Hall–Kier alpha value is -1.02. The van der Waals surface area contributed by atoms with Gasteiger partial charge < -0.3 is 4.89 Å². The first kappa shape index (κ1) is 9.07. The van der Waals surface area contributed by atoms with Crippen molar-refractivity contribution in [3.8, 4) is 5.75 Å². The van der Waals surface area contributed by atoms with E-state index in [0.29, 0.717) is 6.61 Å². The van der Waals surface area contributed by atoms with E-state index in [1.54, 1.807) is 0 Å². The van der Waals surface area contributed by atoms with Crippen LogP contribution in [0.1, 0.15) is 18.9 Å². The Morgan fingerprint density at radius 2 is 2.00 bits per heavy atom. The molecule has 0 amide bonds. The summed E-state index contributed by atoms with van der Waals surface area (Å²) in [4.78, 5) is 10.0. The molecule has 12 heavy (non-hydrogen) atoms. The smallest absolute Gasteiger partial charge is 0.168 e. The monoisotopic (exact) mass is 166 g/mol. The van der Waals surface area contributed by atoms with Gasteiger partial charge in [0.25, 0.3) is 0 Å². The van der Waals surface area contributed by atoms with Crippen LogP contribution in [0.4, 0.5) is 0 Å². The first-order valence-corrected chi connectivity index (χ1v) is 4.19. The molecule has 0 radical (unpaired) electrons. The molecular formula is C10H14O2. The van der Waals surface area contributed by atoms with Crippen molar-refractivity contribution >= 4 is 0 Å². The molecule has 0 aliphatic carbocycles. The summed E-state index contributed by atoms with van der Waals surface area (Å²) >= 11 is 0. The molecule has 0 saturated heterocycles. The second kappa shape index (κ2) is 4.78. The Morgan fingerprint density at radius 1 is 1.25 bits per heavy atom. The molecule has 2 nitrogen and oxygen atoms in total. The van der Waals surface area contributed by atoms with Gasteiger partial charge >= 0.3 is 0 Å². The van der Waals surface area contributed by atoms with E-state index in [0.717, 1.165) is 17.7 Å². The van der Waals surface area contributed by atoms with Crippen LogP contribution >= 0.6 is 0 Å². The number of hydrogen-bond donors (Lipinski definition) is 0. The molecule has 2 heteroatoms. The van der Waals surface area contributed by atoms with Crippen LogP contribution in [0, 0.1) is 6.92 Å². The maximum absolute atomic E-state index is 5.08. The lowest BCUT2D eigenvalue weighted by Gasteiger charge is -2.05. The highest BCUT2D eigenvalue weighted by atomic mass is 17.2. The van der Waals surface area contributed by atoms with Gasteiger partial charge in [0.1, 0.15) is 0 Å². The summed E-state index contributed by atoms with van der Waals surface area (Å²) in [5.41, 5.74) is 1.09. The van der Waals surface area contributed by atoms with Gasteiger partial charge in [-0.05, 0) is 25.0 Å². The normalized spacial score (nSPS) is 9.83. The van der Waals surface area contributed by atoms with Crippen molar-refractivity contribution in [3.63, 3.8) is 0 Å². The second-order valence-electron chi connectivity index (χ2n) is 2.67. The summed E-state index contributed by atoms with van der Waals surface area (Å²) < 4.78 is 0.